The van der Waals surface area contributed by atoms with Gasteiger partial charge < -0.3 is 10.0 Å². The summed E-state index contributed by atoms with van der Waals surface area (Å²) in [5, 5.41) is 9.46. The number of halogens is 2. The first kappa shape index (κ1) is 15.5. The first-order chi connectivity index (χ1) is 8.82. The smallest absolute Gasteiger partial charge is 0.328 e. The normalized spacial score (nSPS) is 12.4. The van der Waals surface area contributed by atoms with Gasteiger partial charge in [0.05, 0.1) is 6.04 Å². The van der Waals surface area contributed by atoms with Gasteiger partial charge in [0, 0.05) is 29.2 Å². The Morgan fingerprint density at radius 1 is 1.32 bits per heavy atom. The van der Waals surface area contributed by atoms with Crippen molar-refractivity contribution in [1.82, 2.24) is 4.90 Å². The van der Waals surface area contributed by atoms with Gasteiger partial charge in [0.1, 0.15) is 0 Å². The minimum absolute atomic E-state index is 0.296. The van der Waals surface area contributed by atoms with Gasteiger partial charge >= 0.3 is 5.97 Å². The molecule has 1 unspecified atom stereocenters. The molecule has 102 valence electrons. The Labute approximate surface area is 121 Å². The molecule has 0 fully saturated rings. The maximum Gasteiger partial charge on any atom is 0.328 e. The molecule has 1 aromatic carbocycles. The van der Waals surface area contributed by atoms with Crippen molar-refractivity contribution in [2.24, 2.45) is 0 Å². The van der Waals surface area contributed by atoms with Crippen LogP contribution in [0, 0.1) is 0 Å². The van der Waals surface area contributed by atoms with Crippen molar-refractivity contribution in [2.45, 2.75) is 13.0 Å². The topological polar surface area (TPSA) is 57.6 Å². The van der Waals surface area contributed by atoms with Gasteiger partial charge in [-0.25, -0.2) is 4.79 Å². The fraction of sp³-hybridized carbons (Fsp3) is 0.231. The molecule has 0 aliphatic heterocycles. The number of hydrogen-bond acceptors (Lipinski definition) is 2. The maximum atomic E-state index is 11.7. The average Bonchev–Trinajstić information content (AvgIpc) is 2.34. The lowest BCUT2D eigenvalue weighted by Crippen LogP contribution is -2.28. The van der Waals surface area contributed by atoms with Gasteiger partial charge in [-0.1, -0.05) is 29.3 Å². The van der Waals surface area contributed by atoms with Crippen LogP contribution in [-0.2, 0) is 9.59 Å². The number of aliphatic carboxylic acids is 1. The third kappa shape index (κ3) is 4.26. The lowest BCUT2D eigenvalue weighted by Gasteiger charge is -2.25. The molecule has 0 spiro atoms. The Bertz CT molecular complexity index is 529. The van der Waals surface area contributed by atoms with Gasteiger partial charge in [0.15, 0.2) is 0 Å². The zero-order valence-corrected chi connectivity index (χ0v) is 11.9. The molecule has 0 saturated carbocycles. The van der Waals surface area contributed by atoms with Crippen LogP contribution in [-0.4, -0.2) is 28.9 Å². The summed E-state index contributed by atoms with van der Waals surface area (Å²) in [6, 6.07) is 4.72. The first-order valence-corrected chi connectivity index (χ1v) is 6.21. The molecular weight excluding hydrogens is 289 g/mol. The van der Waals surface area contributed by atoms with Crippen LogP contribution in [0.1, 0.15) is 18.5 Å². The second-order valence-corrected chi connectivity index (χ2v) is 4.81. The van der Waals surface area contributed by atoms with E-state index >= 15 is 0 Å². The zero-order chi connectivity index (χ0) is 14.6. The van der Waals surface area contributed by atoms with Gasteiger partial charge in [-0.05, 0) is 24.6 Å². The van der Waals surface area contributed by atoms with E-state index in [2.05, 4.69) is 0 Å². The van der Waals surface area contributed by atoms with Gasteiger partial charge in [-0.3, -0.25) is 4.79 Å². The first-order valence-electron chi connectivity index (χ1n) is 5.45. The lowest BCUT2D eigenvalue weighted by molar-refractivity contribution is -0.132. The summed E-state index contributed by atoms with van der Waals surface area (Å²) in [4.78, 5) is 23.5. The summed E-state index contributed by atoms with van der Waals surface area (Å²) in [6.07, 6.45) is 1.80. The van der Waals surface area contributed by atoms with Crippen molar-refractivity contribution in [3.05, 3.63) is 46.0 Å². The second-order valence-electron chi connectivity index (χ2n) is 3.96. The molecule has 1 N–H and O–H groups in total. The Morgan fingerprint density at radius 2 is 1.95 bits per heavy atom. The predicted molar refractivity (Wildman–Crippen MR) is 74.4 cm³/mol. The number of rotatable bonds is 4. The third-order valence-electron chi connectivity index (χ3n) is 2.71. The number of amides is 1. The number of carboxylic acids is 1. The Morgan fingerprint density at radius 3 is 2.47 bits per heavy atom. The van der Waals surface area contributed by atoms with Crippen LogP contribution >= 0.6 is 23.2 Å². The highest BCUT2D eigenvalue weighted by Crippen LogP contribution is 2.29. The van der Waals surface area contributed by atoms with Gasteiger partial charge in [-0.15, -0.1) is 0 Å². The van der Waals surface area contributed by atoms with E-state index < -0.39 is 11.9 Å². The minimum atomic E-state index is -1.17. The van der Waals surface area contributed by atoms with Crippen molar-refractivity contribution in [2.75, 3.05) is 7.05 Å². The molecule has 0 saturated heterocycles. The van der Waals surface area contributed by atoms with E-state index in [1.807, 2.05) is 0 Å². The molecule has 6 heteroatoms. The molecule has 0 radical (unpaired) electrons. The molecule has 4 nitrogen and oxygen atoms in total. The van der Waals surface area contributed by atoms with E-state index in [1.54, 1.807) is 32.2 Å². The quantitative estimate of drug-likeness (QED) is 0.869. The summed E-state index contributed by atoms with van der Waals surface area (Å²) in [5.74, 6) is -1.58. The number of benzene rings is 1. The van der Waals surface area contributed by atoms with Gasteiger partial charge in [-0.2, -0.15) is 0 Å². The van der Waals surface area contributed by atoms with Crippen molar-refractivity contribution >= 4 is 35.1 Å². The van der Waals surface area contributed by atoms with Crippen LogP contribution < -0.4 is 0 Å². The minimum Gasteiger partial charge on any atom is -0.478 e. The highest BCUT2D eigenvalue weighted by Gasteiger charge is 2.18. The van der Waals surface area contributed by atoms with Crippen LogP contribution in [0.4, 0.5) is 0 Å². The number of nitrogens with zero attached hydrogens (tertiary/aromatic N) is 1. The van der Waals surface area contributed by atoms with Crippen molar-refractivity contribution < 1.29 is 14.7 Å². The molecule has 1 atom stereocenters. The fourth-order valence-electron chi connectivity index (χ4n) is 1.50. The summed E-state index contributed by atoms with van der Waals surface area (Å²) in [7, 11) is 1.57. The summed E-state index contributed by atoms with van der Waals surface area (Å²) >= 11 is 11.9. The predicted octanol–water partition coefficient (Wildman–Crippen LogP) is 3.15. The Kier molecular flexibility index (Phi) is 5.39. The number of carboxylic acid groups (broad SMARTS) is 1. The van der Waals surface area contributed by atoms with Crippen LogP contribution in [0.2, 0.25) is 10.0 Å². The number of carbonyl (C=O) groups excluding carboxylic acids is 1. The monoisotopic (exact) mass is 301 g/mol. The van der Waals surface area contributed by atoms with E-state index in [1.165, 1.54) is 4.90 Å². The van der Waals surface area contributed by atoms with Crippen LogP contribution in [0.3, 0.4) is 0 Å². The van der Waals surface area contributed by atoms with E-state index in [0.717, 1.165) is 17.7 Å². The highest BCUT2D eigenvalue weighted by molar-refractivity contribution is 6.35. The van der Waals surface area contributed by atoms with Crippen LogP contribution in [0.15, 0.2) is 30.4 Å². The van der Waals surface area contributed by atoms with Crippen molar-refractivity contribution in [3.63, 3.8) is 0 Å². The number of likely N-dealkylation sites (N-methyl/N-ethyl adjacent to an activating group) is 1. The van der Waals surface area contributed by atoms with E-state index in [-0.39, 0.29) is 6.04 Å². The molecule has 1 aromatic rings. The third-order valence-corrected chi connectivity index (χ3v) is 3.27. The highest BCUT2D eigenvalue weighted by atomic mass is 35.5. The van der Waals surface area contributed by atoms with Crippen molar-refractivity contribution in [1.29, 1.82) is 0 Å². The van der Waals surface area contributed by atoms with E-state index in [4.69, 9.17) is 28.3 Å². The summed E-state index contributed by atoms with van der Waals surface area (Å²) < 4.78 is 0. The second kappa shape index (κ2) is 6.59. The molecule has 1 amide bonds. The number of hydrogen-bond donors (Lipinski definition) is 1. The van der Waals surface area contributed by atoms with Crippen molar-refractivity contribution in [3.8, 4) is 0 Å². The lowest BCUT2D eigenvalue weighted by atomic mass is 10.1. The Balaban J connectivity index is 2.90. The molecule has 0 aliphatic carbocycles. The molecular formula is C13H13Cl2NO3. The Hall–Kier alpha value is -1.52. The largest absolute Gasteiger partial charge is 0.478 e. The van der Waals surface area contributed by atoms with E-state index in [0.29, 0.717) is 10.0 Å². The van der Waals surface area contributed by atoms with Crippen LogP contribution in [0.25, 0.3) is 0 Å². The summed E-state index contributed by atoms with van der Waals surface area (Å²) in [5.41, 5.74) is 0.741. The molecule has 19 heavy (non-hydrogen) atoms. The van der Waals surface area contributed by atoms with Gasteiger partial charge in [0.2, 0.25) is 5.91 Å². The molecule has 0 aromatic heterocycles. The van der Waals surface area contributed by atoms with Crippen LogP contribution in [0.5, 0.6) is 0 Å². The van der Waals surface area contributed by atoms with E-state index in [9.17, 15) is 9.59 Å². The summed E-state index contributed by atoms with van der Waals surface area (Å²) in [6.45, 7) is 1.79. The standard InChI is InChI=1S/C13H13Cl2NO3/c1-8(10-4-3-9(14)7-11(10)15)16(2)12(17)5-6-13(18)19/h3-8H,1-2H3,(H,18,19)/b6-5+. The fourth-order valence-corrected chi connectivity index (χ4v) is 2.07. The molecule has 1 rings (SSSR count). The SMILES string of the molecule is CC(c1ccc(Cl)cc1Cl)N(C)C(=O)/C=C/C(=O)O. The molecule has 0 bridgehead atoms. The molecule has 0 aliphatic rings. The molecule has 0 heterocycles. The maximum absolute atomic E-state index is 11.7. The number of carbonyl (C=O) groups is 2. The zero-order valence-electron chi connectivity index (χ0n) is 10.4. The average molecular weight is 302 g/mol. The van der Waals surface area contributed by atoms with Gasteiger partial charge in [0.25, 0.3) is 0 Å².